The molecule has 2 aromatic heterocycles. The molecule has 0 aliphatic rings. The first kappa shape index (κ1) is 13.7. The van der Waals surface area contributed by atoms with E-state index in [2.05, 4.69) is 10.3 Å². The number of primary amides is 1. The van der Waals surface area contributed by atoms with Crippen LogP contribution in [0.4, 0.5) is 10.1 Å². The SMILES string of the molecule is NC(=O)c1cn2cc(NC(=O)c3ccccc3F)ccc2n1. The summed E-state index contributed by atoms with van der Waals surface area (Å²) in [5, 5.41) is 2.59. The Balaban J connectivity index is 1.89. The van der Waals surface area contributed by atoms with Gasteiger partial charge in [-0.05, 0) is 24.3 Å². The number of carbonyl (C=O) groups excluding carboxylic acids is 2. The third-order valence-electron chi connectivity index (χ3n) is 3.08. The van der Waals surface area contributed by atoms with Gasteiger partial charge in [0.15, 0.2) is 0 Å². The number of hydrogen-bond acceptors (Lipinski definition) is 3. The fourth-order valence-electron chi connectivity index (χ4n) is 2.03. The second-order valence-electron chi connectivity index (χ2n) is 4.61. The second kappa shape index (κ2) is 5.28. The van der Waals surface area contributed by atoms with Crippen LogP contribution < -0.4 is 11.1 Å². The molecular weight excluding hydrogens is 287 g/mol. The molecule has 6 nitrogen and oxygen atoms in total. The maximum absolute atomic E-state index is 13.6. The number of nitrogens with zero attached hydrogens (tertiary/aromatic N) is 2. The summed E-state index contributed by atoms with van der Waals surface area (Å²) in [5.74, 6) is -1.80. The third-order valence-corrected chi connectivity index (χ3v) is 3.08. The lowest BCUT2D eigenvalue weighted by atomic mass is 10.2. The molecule has 3 N–H and O–H groups in total. The van der Waals surface area contributed by atoms with Crippen LogP contribution in [-0.2, 0) is 0 Å². The minimum absolute atomic E-state index is 0.0500. The average molecular weight is 298 g/mol. The number of hydrogen-bond donors (Lipinski definition) is 2. The zero-order chi connectivity index (χ0) is 15.7. The van der Waals surface area contributed by atoms with Crippen LogP contribution in [0.2, 0.25) is 0 Å². The topological polar surface area (TPSA) is 89.5 Å². The fourth-order valence-corrected chi connectivity index (χ4v) is 2.03. The first-order chi connectivity index (χ1) is 10.5. The predicted molar refractivity (Wildman–Crippen MR) is 78.1 cm³/mol. The molecule has 0 spiro atoms. The minimum Gasteiger partial charge on any atom is -0.364 e. The summed E-state index contributed by atoms with van der Waals surface area (Å²) in [6, 6.07) is 8.92. The molecule has 110 valence electrons. The van der Waals surface area contributed by atoms with E-state index in [0.717, 1.165) is 0 Å². The van der Waals surface area contributed by atoms with Crippen molar-refractivity contribution >= 4 is 23.1 Å². The molecule has 1 aromatic carbocycles. The van der Waals surface area contributed by atoms with Gasteiger partial charge in [0.1, 0.15) is 17.2 Å². The summed E-state index contributed by atoms with van der Waals surface area (Å²) in [4.78, 5) is 27.1. The van der Waals surface area contributed by atoms with Gasteiger partial charge < -0.3 is 15.5 Å². The number of amides is 2. The number of rotatable bonds is 3. The van der Waals surface area contributed by atoms with Crippen molar-refractivity contribution < 1.29 is 14.0 Å². The Morgan fingerprint density at radius 2 is 1.91 bits per heavy atom. The Hall–Kier alpha value is -3.22. The molecule has 0 saturated heterocycles. The monoisotopic (exact) mass is 298 g/mol. The lowest BCUT2D eigenvalue weighted by Crippen LogP contribution is -2.13. The maximum Gasteiger partial charge on any atom is 0.268 e. The van der Waals surface area contributed by atoms with Crippen LogP contribution in [0.15, 0.2) is 48.8 Å². The lowest BCUT2D eigenvalue weighted by Gasteiger charge is -2.06. The molecule has 0 saturated carbocycles. The smallest absolute Gasteiger partial charge is 0.268 e. The van der Waals surface area contributed by atoms with E-state index in [0.29, 0.717) is 11.3 Å². The number of fused-ring (bicyclic) bond motifs is 1. The zero-order valence-electron chi connectivity index (χ0n) is 11.3. The Bertz CT molecular complexity index is 888. The van der Waals surface area contributed by atoms with E-state index in [1.807, 2.05) is 0 Å². The van der Waals surface area contributed by atoms with Crippen LogP contribution in [0.5, 0.6) is 0 Å². The van der Waals surface area contributed by atoms with Gasteiger partial charge in [-0.15, -0.1) is 0 Å². The molecule has 2 heterocycles. The van der Waals surface area contributed by atoms with Crippen LogP contribution in [0.25, 0.3) is 5.65 Å². The highest BCUT2D eigenvalue weighted by atomic mass is 19.1. The van der Waals surface area contributed by atoms with Crippen molar-refractivity contribution in [3.05, 3.63) is 65.9 Å². The van der Waals surface area contributed by atoms with Gasteiger partial charge in [0.2, 0.25) is 0 Å². The van der Waals surface area contributed by atoms with Gasteiger partial charge in [-0.25, -0.2) is 9.37 Å². The Kier molecular flexibility index (Phi) is 3.30. The van der Waals surface area contributed by atoms with Crippen LogP contribution in [0.1, 0.15) is 20.8 Å². The van der Waals surface area contributed by atoms with Gasteiger partial charge in [-0.3, -0.25) is 9.59 Å². The van der Waals surface area contributed by atoms with E-state index in [-0.39, 0.29) is 11.3 Å². The predicted octanol–water partition coefficient (Wildman–Crippen LogP) is 1.82. The number of nitrogens with one attached hydrogen (secondary N) is 1. The van der Waals surface area contributed by atoms with E-state index in [1.54, 1.807) is 28.8 Å². The number of nitrogens with two attached hydrogens (primary N) is 1. The molecule has 7 heteroatoms. The van der Waals surface area contributed by atoms with Gasteiger partial charge >= 0.3 is 0 Å². The van der Waals surface area contributed by atoms with Gasteiger partial charge in [0, 0.05) is 12.4 Å². The summed E-state index contributed by atoms with van der Waals surface area (Å²) >= 11 is 0. The van der Waals surface area contributed by atoms with Crippen molar-refractivity contribution in [2.75, 3.05) is 5.32 Å². The number of benzene rings is 1. The van der Waals surface area contributed by atoms with E-state index >= 15 is 0 Å². The van der Waals surface area contributed by atoms with Crippen LogP contribution in [-0.4, -0.2) is 21.2 Å². The van der Waals surface area contributed by atoms with E-state index in [9.17, 15) is 14.0 Å². The van der Waals surface area contributed by atoms with Gasteiger partial charge in [0.25, 0.3) is 11.8 Å². The Morgan fingerprint density at radius 3 is 2.64 bits per heavy atom. The lowest BCUT2D eigenvalue weighted by molar-refractivity contribution is 0.0993. The summed E-state index contributed by atoms with van der Waals surface area (Å²) in [6.45, 7) is 0. The molecule has 2 amide bonds. The van der Waals surface area contributed by atoms with Crippen LogP contribution in [0, 0.1) is 5.82 Å². The van der Waals surface area contributed by atoms with Crippen molar-refractivity contribution in [1.82, 2.24) is 9.38 Å². The third kappa shape index (κ3) is 2.51. The highest BCUT2D eigenvalue weighted by Gasteiger charge is 2.12. The number of anilines is 1. The minimum atomic E-state index is -0.638. The fraction of sp³-hybridized carbons (Fsp3) is 0. The van der Waals surface area contributed by atoms with Crippen molar-refractivity contribution in [2.24, 2.45) is 5.73 Å². The Morgan fingerprint density at radius 1 is 1.14 bits per heavy atom. The molecule has 3 aromatic rings. The first-order valence-corrected chi connectivity index (χ1v) is 6.39. The molecule has 0 atom stereocenters. The van der Waals surface area contributed by atoms with Crippen molar-refractivity contribution in [3.8, 4) is 0 Å². The molecule has 0 aliphatic carbocycles. The van der Waals surface area contributed by atoms with Crippen LogP contribution >= 0.6 is 0 Å². The largest absolute Gasteiger partial charge is 0.364 e. The summed E-state index contributed by atoms with van der Waals surface area (Å²) in [7, 11) is 0. The molecular formula is C15H11FN4O2. The summed E-state index contributed by atoms with van der Waals surface area (Å²) in [6.07, 6.45) is 3.02. The van der Waals surface area contributed by atoms with Crippen LogP contribution in [0.3, 0.4) is 0 Å². The normalized spacial score (nSPS) is 10.6. The van der Waals surface area contributed by atoms with Crippen molar-refractivity contribution in [3.63, 3.8) is 0 Å². The molecule has 0 fully saturated rings. The first-order valence-electron chi connectivity index (χ1n) is 6.39. The van der Waals surface area contributed by atoms with E-state index in [4.69, 9.17) is 5.73 Å². The highest BCUT2D eigenvalue weighted by Crippen LogP contribution is 2.14. The molecule has 0 aliphatic heterocycles. The van der Waals surface area contributed by atoms with Gasteiger partial charge in [0.05, 0.1) is 11.3 Å². The molecule has 3 rings (SSSR count). The maximum atomic E-state index is 13.6. The van der Waals surface area contributed by atoms with Crippen molar-refractivity contribution in [2.45, 2.75) is 0 Å². The number of pyridine rings is 1. The standard InChI is InChI=1S/C15H11FN4O2/c16-11-4-2-1-3-10(11)15(22)18-9-5-6-13-19-12(14(17)21)8-20(13)7-9/h1-8H,(H2,17,21)(H,18,22). The van der Waals surface area contributed by atoms with Gasteiger partial charge in [-0.2, -0.15) is 0 Å². The second-order valence-corrected chi connectivity index (χ2v) is 4.61. The number of imidazole rings is 1. The quantitative estimate of drug-likeness (QED) is 0.773. The highest BCUT2D eigenvalue weighted by molar-refractivity contribution is 6.04. The number of aromatic nitrogens is 2. The number of carbonyl (C=O) groups is 2. The van der Waals surface area contributed by atoms with Gasteiger partial charge in [-0.1, -0.05) is 12.1 Å². The van der Waals surface area contributed by atoms with E-state index in [1.165, 1.54) is 24.4 Å². The molecule has 0 radical (unpaired) electrons. The molecule has 0 unspecified atom stereocenters. The molecule has 0 bridgehead atoms. The summed E-state index contributed by atoms with van der Waals surface area (Å²) in [5.41, 5.74) is 6.19. The average Bonchev–Trinajstić information content (AvgIpc) is 2.91. The Labute approximate surface area is 124 Å². The van der Waals surface area contributed by atoms with Crippen molar-refractivity contribution in [1.29, 1.82) is 0 Å². The zero-order valence-corrected chi connectivity index (χ0v) is 11.3. The summed E-state index contributed by atoms with van der Waals surface area (Å²) < 4.78 is 15.1. The number of halogens is 1. The molecule has 22 heavy (non-hydrogen) atoms. The van der Waals surface area contributed by atoms with E-state index < -0.39 is 17.6 Å².